The van der Waals surface area contributed by atoms with Crippen molar-refractivity contribution in [1.82, 2.24) is 4.90 Å². The predicted octanol–water partition coefficient (Wildman–Crippen LogP) is 7.03. The largest absolute Gasteiger partial charge is 0.479 e. The molecule has 0 radical (unpaired) electrons. The van der Waals surface area contributed by atoms with Gasteiger partial charge in [0.05, 0.1) is 12.0 Å². The summed E-state index contributed by atoms with van der Waals surface area (Å²) < 4.78 is 0. The molecule has 5 nitrogen and oxygen atoms in total. The molecular weight excluding hydrogens is 518 g/mol. The van der Waals surface area contributed by atoms with Gasteiger partial charge in [-0.25, -0.2) is 4.79 Å². The van der Waals surface area contributed by atoms with Gasteiger partial charge in [-0.2, -0.15) is 0 Å². The Bertz CT molecular complexity index is 1500. The van der Waals surface area contributed by atoms with Gasteiger partial charge in [-0.1, -0.05) is 77.8 Å². The van der Waals surface area contributed by atoms with Gasteiger partial charge in [0, 0.05) is 26.9 Å². The first kappa shape index (κ1) is 25.9. The first-order valence-corrected chi connectivity index (χ1v) is 13.5. The molecule has 5 rings (SSSR count). The number of benzene rings is 3. The molecule has 1 fully saturated rings. The number of hydrogen-bond donors (Lipinski definition) is 1. The SMILES string of the molecule is Cc1cccc(C2C(C(=O)c3cccc(Cl)c3)C(c3cccs3)C(C)(C(=O)O)N2C(=O)c2ccccc2)c1. The molecule has 4 aromatic rings. The third-order valence-corrected chi connectivity index (χ3v) is 8.59. The van der Waals surface area contributed by atoms with Crippen LogP contribution in [0.2, 0.25) is 5.02 Å². The normalized spacial score (nSPS) is 22.8. The van der Waals surface area contributed by atoms with Crippen molar-refractivity contribution in [3.8, 4) is 0 Å². The molecule has 1 amide bonds. The van der Waals surface area contributed by atoms with Gasteiger partial charge in [-0.3, -0.25) is 9.59 Å². The molecule has 0 spiro atoms. The van der Waals surface area contributed by atoms with Gasteiger partial charge in [0.15, 0.2) is 5.78 Å². The van der Waals surface area contributed by atoms with Gasteiger partial charge in [-0.15, -0.1) is 11.3 Å². The second kappa shape index (κ2) is 10.2. The Balaban J connectivity index is 1.82. The number of amides is 1. The molecule has 1 aliphatic heterocycles. The molecular formula is C31H26ClNO4S. The van der Waals surface area contributed by atoms with E-state index in [0.717, 1.165) is 10.4 Å². The van der Waals surface area contributed by atoms with Crippen LogP contribution in [-0.2, 0) is 4.79 Å². The number of nitrogens with zero attached hydrogens (tertiary/aromatic N) is 1. The maximum absolute atomic E-state index is 14.4. The van der Waals surface area contributed by atoms with E-state index in [9.17, 15) is 19.5 Å². The summed E-state index contributed by atoms with van der Waals surface area (Å²) in [6.45, 7) is 3.50. The van der Waals surface area contributed by atoms with Gasteiger partial charge in [0.25, 0.3) is 5.91 Å². The van der Waals surface area contributed by atoms with Gasteiger partial charge < -0.3 is 10.0 Å². The Morgan fingerprint density at radius 3 is 2.24 bits per heavy atom. The third-order valence-electron chi connectivity index (χ3n) is 7.40. The molecule has 1 N–H and O–H groups in total. The van der Waals surface area contributed by atoms with Crippen LogP contribution in [0.25, 0.3) is 0 Å². The average molecular weight is 544 g/mol. The van der Waals surface area contributed by atoms with Crippen molar-refractivity contribution >= 4 is 40.6 Å². The zero-order valence-electron chi connectivity index (χ0n) is 20.9. The van der Waals surface area contributed by atoms with Crippen LogP contribution in [0.5, 0.6) is 0 Å². The number of carboxylic acid groups (broad SMARTS) is 1. The summed E-state index contributed by atoms with van der Waals surface area (Å²) in [5.41, 5.74) is 0.675. The van der Waals surface area contributed by atoms with Gasteiger partial charge in [0.2, 0.25) is 0 Å². The maximum Gasteiger partial charge on any atom is 0.330 e. The van der Waals surface area contributed by atoms with Crippen LogP contribution in [0.1, 0.15) is 55.6 Å². The predicted molar refractivity (Wildman–Crippen MR) is 149 cm³/mol. The Morgan fingerprint density at radius 1 is 0.895 bits per heavy atom. The Hall–Kier alpha value is -3.74. The number of halogens is 1. The van der Waals surface area contributed by atoms with E-state index in [1.807, 2.05) is 48.7 Å². The third kappa shape index (κ3) is 4.34. The van der Waals surface area contributed by atoms with Gasteiger partial charge >= 0.3 is 5.97 Å². The number of Topliss-reactive ketones (excluding diaryl/α,β-unsaturated/α-hetero) is 1. The summed E-state index contributed by atoms with van der Waals surface area (Å²) in [4.78, 5) is 44.1. The summed E-state index contributed by atoms with van der Waals surface area (Å²) in [6, 6.07) is 25.8. The lowest BCUT2D eigenvalue weighted by atomic mass is 9.74. The fourth-order valence-electron chi connectivity index (χ4n) is 5.69. The highest BCUT2D eigenvalue weighted by Crippen LogP contribution is 2.57. The molecule has 3 aromatic carbocycles. The van der Waals surface area contributed by atoms with Crippen LogP contribution in [-0.4, -0.2) is 33.2 Å². The standard InChI is InChI=1S/C31H26ClNO4S/c1-19-9-6-12-21(17-19)27-25(28(34)22-13-7-14-23(32)18-22)26(24-15-8-16-38-24)31(2,30(36)37)33(27)29(35)20-10-4-3-5-11-20/h3-18,25-27H,1-2H3,(H,36,37). The first-order valence-electron chi connectivity index (χ1n) is 12.3. The van der Waals surface area contributed by atoms with Crippen LogP contribution in [0.15, 0.2) is 96.4 Å². The van der Waals surface area contributed by atoms with Crippen LogP contribution < -0.4 is 0 Å². The van der Waals surface area contributed by atoms with Gasteiger partial charge in [-0.05, 0) is 55.1 Å². The van der Waals surface area contributed by atoms with E-state index in [4.69, 9.17) is 11.6 Å². The first-order chi connectivity index (χ1) is 18.2. The van der Waals surface area contributed by atoms with E-state index in [1.165, 1.54) is 16.2 Å². The number of aliphatic carboxylic acids is 1. The lowest BCUT2D eigenvalue weighted by Gasteiger charge is -2.37. The minimum atomic E-state index is -1.72. The molecule has 1 aliphatic rings. The molecule has 1 saturated heterocycles. The summed E-state index contributed by atoms with van der Waals surface area (Å²) in [5, 5.41) is 13.1. The topological polar surface area (TPSA) is 74.7 Å². The van der Waals surface area contributed by atoms with Crippen molar-refractivity contribution < 1.29 is 19.5 Å². The van der Waals surface area contributed by atoms with Crippen LogP contribution in [0, 0.1) is 12.8 Å². The van der Waals surface area contributed by atoms with E-state index in [2.05, 4.69) is 0 Å². The fourth-order valence-corrected chi connectivity index (χ4v) is 6.87. The molecule has 2 heterocycles. The maximum atomic E-state index is 14.4. The number of ketones is 1. The van der Waals surface area contributed by atoms with Crippen molar-refractivity contribution in [2.75, 3.05) is 0 Å². The van der Waals surface area contributed by atoms with E-state index < -0.39 is 35.3 Å². The highest BCUT2D eigenvalue weighted by molar-refractivity contribution is 7.10. The summed E-state index contributed by atoms with van der Waals surface area (Å²) in [7, 11) is 0. The number of carbonyl (C=O) groups excluding carboxylic acids is 2. The Kier molecular flexibility index (Phi) is 6.95. The molecule has 4 atom stereocenters. The fraction of sp³-hybridized carbons (Fsp3) is 0.194. The number of thiophene rings is 1. The van der Waals surface area contributed by atoms with Crippen molar-refractivity contribution in [3.63, 3.8) is 0 Å². The second-order valence-corrected chi connectivity index (χ2v) is 11.2. The lowest BCUT2D eigenvalue weighted by molar-refractivity contribution is -0.148. The zero-order valence-corrected chi connectivity index (χ0v) is 22.4. The smallest absolute Gasteiger partial charge is 0.330 e. The number of likely N-dealkylation sites (tertiary alicyclic amines) is 1. The van der Waals surface area contributed by atoms with Crippen molar-refractivity contribution in [2.45, 2.75) is 31.3 Å². The van der Waals surface area contributed by atoms with E-state index in [0.29, 0.717) is 21.7 Å². The zero-order chi connectivity index (χ0) is 27.0. The van der Waals surface area contributed by atoms with Gasteiger partial charge in [0.1, 0.15) is 5.54 Å². The minimum absolute atomic E-state index is 0.256. The van der Waals surface area contributed by atoms with Crippen molar-refractivity contribution in [2.24, 2.45) is 5.92 Å². The van der Waals surface area contributed by atoms with Crippen LogP contribution in [0.3, 0.4) is 0 Å². The van der Waals surface area contributed by atoms with E-state index >= 15 is 0 Å². The van der Waals surface area contributed by atoms with Crippen LogP contribution >= 0.6 is 22.9 Å². The van der Waals surface area contributed by atoms with E-state index in [1.54, 1.807) is 61.5 Å². The molecule has 1 aromatic heterocycles. The highest BCUT2D eigenvalue weighted by Gasteiger charge is 2.65. The quantitative estimate of drug-likeness (QED) is 0.265. The number of carboxylic acids is 1. The molecule has 7 heteroatoms. The number of hydrogen-bond acceptors (Lipinski definition) is 4. The summed E-state index contributed by atoms with van der Waals surface area (Å²) >= 11 is 7.65. The Labute approximate surface area is 230 Å². The average Bonchev–Trinajstić information content (AvgIpc) is 3.53. The molecule has 0 aliphatic carbocycles. The monoisotopic (exact) mass is 543 g/mol. The van der Waals surface area contributed by atoms with E-state index in [-0.39, 0.29) is 5.78 Å². The highest BCUT2D eigenvalue weighted by atomic mass is 35.5. The summed E-state index contributed by atoms with van der Waals surface area (Å²) in [6.07, 6.45) is 0. The molecule has 4 unspecified atom stereocenters. The summed E-state index contributed by atoms with van der Waals surface area (Å²) in [5.74, 6) is -3.54. The minimum Gasteiger partial charge on any atom is -0.479 e. The molecule has 192 valence electrons. The van der Waals surface area contributed by atoms with Crippen molar-refractivity contribution in [1.29, 1.82) is 0 Å². The second-order valence-electron chi connectivity index (χ2n) is 9.75. The molecule has 38 heavy (non-hydrogen) atoms. The number of carbonyl (C=O) groups is 3. The number of rotatable bonds is 6. The number of aryl methyl sites for hydroxylation is 1. The Morgan fingerprint density at radius 2 is 1.61 bits per heavy atom. The molecule has 0 bridgehead atoms. The van der Waals surface area contributed by atoms with Crippen LogP contribution in [0.4, 0.5) is 0 Å². The molecule has 0 saturated carbocycles. The lowest BCUT2D eigenvalue weighted by Crippen LogP contribution is -2.54. The van der Waals surface area contributed by atoms with Crippen molar-refractivity contribution in [3.05, 3.63) is 129 Å².